The Morgan fingerprint density at radius 1 is 1.06 bits per heavy atom. The minimum absolute atomic E-state index is 0. The number of nitrogens with one attached hydrogen (secondary N) is 1. The summed E-state index contributed by atoms with van der Waals surface area (Å²) in [6.07, 6.45) is 0. The Hall–Kier alpha value is -1.25. The third-order valence-electron chi connectivity index (χ3n) is 2.84. The Kier molecular flexibility index (Phi) is 3.32. The fraction of sp³-hybridized carbons (Fsp3) is 0.231. The van der Waals surface area contributed by atoms with E-state index in [2.05, 4.69) is 41.7 Å². The number of halogens is 1. The van der Waals surface area contributed by atoms with Gasteiger partial charge in [-0.05, 0) is 16.8 Å². The van der Waals surface area contributed by atoms with Gasteiger partial charge in [-0.2, -0.15) is 0 Å². The molecule has 0 aromatic heterocycles. The van der Waals surface area contributed by atoms with E-state index in [9.17, 15) is 0 Å². The van der Waals surface area contributed by atoms with E-state index in [1.54, 1.807) is 0 Å². The Balaban J connectivity index is 0.000000963. The second-order valence-corrected chi connectivity index (χ2v) is 3.79. The Labute approximate surface area is 101 Å². The molecule has 0 saturated heterocycles. The predicted octanol–water partition coefficient (Wildman–Crippen LogP) is 2.74. The van der Waals surface area contributed by atoms with Gasteiger partial charge < -0.3 is 10.1 Å². The molecular weight excluding hydrogens is 222 g/mol. The molecule has 2 aromatic rings. The first kappa shape index (κ1) is 11.2. The van der Waals surface area contributed by atoms with Gasteiger partial charge in [-0.25, -0.2) is 0 Å². The lowest BCUT2D eigenvalue weighted by Gasteiger charge is -2.09. The van der Waals surface area contributed by atoms with E-state index >= 15 is 0 Å². The molecule has 0 saturated carbocycles. The molecule has 1 heterocycles. The summed E-state index contributed by atoms with van der Waals surface area (Å²) in [6, 6.07) is 12.6. The summed E-state index contributed by atoms with van der Waals surface area (Å²) in [5.41, 5.74) is 1.28. The molecule has 0 unspecified atom stereocenters. The van der Waals surface area contributed by atoms with Crippen LogP contribution >= 0.6 is 12.4 Å². The van der Waals surface area contributed by atoms with Crippen LogP contribution < -0.4 is 10.1 Å². The molecule has 2 aromatic carbocycles. The smallest absolute Gasteiger partial charge is 0.124 e. The van der Waals surface area contributed by atoms with E-state index in [1.165, 1.54) is 16.3 Å². The van der Waals surface area contributed by atoms with Crippen molar-refractivity contribution in [1.82, 2.24) is 5.32 Å². The summed E-state index contributed by atoms with van der Waals surface area (Å²) in [4.78, 5) is 0. The van der Waals surface area contributed by atoms with E-state index in [0.717, 1.165) is 25.4 Å². The number of benzene rings is 2. The topological polar surface area (TPSA) is 21.3 Å². The molecule has 16 heavy (non-hydrogen) atoms. The van der Waals surface area contributed by atoms with Gasteiger partial charge in [0.2, 0.25) is 0 Å². The van der Waals surface area contributed by atoms with Crippen molar-refractivity contribution in [3.8, 4) is 5.75 Å². The van der Waals surface area contributed by atoms with Crippen molar-refractivity contribution in [2.24, 2.45) is 0 Å². The maximum Gasteiger partial charge on any atom is 0.124 e. The van der Waals surface area contributed by atoms with Crippen LogP contribution in [0.1, 0.15) is 5.56 Å². The van der Waals surface area contributed by atoms with Crippen LogP contribution in [0.15, 0.2) is 36.4 Å². The van der Waals surface area contributed by atoms with Crippen LogP contribution in [-0.2, 0) is 6.54 Å². The lowest BCUT2D eigenvalue weighted by atomic mass is 10.0. The van der Waals surface area contributed by atoms with Gasteiger partial charge in [0, 0.05) is 18.7 Å². The normalized spacial score (nSPS) is 14.5. The van der Waals surface area contributed by atoms with Gasteiger partial charge in [0.1, 0.15) is 12.4 Å². The van der Waals surface area contributed by atoms with Crippen molar-refractivity contribution < 1.29 is 4.74 Å². The lowest BCUT2D eigenvalue weighted by molar-refractivity contribution is 0.326. The highest BCUT2D eigenvalue weighted by Crippen LogP contribution is 2.28. The molecule has 2 nitrogen and oxygen atoms in total. The Morgan fingerprint density at radius 2 is 1.94 bits per heavy atom. The maximum atomic E-state index is 5.69. The summed E-state index contributed by atoms with van der Waals surface area (Å²) in [5.74, 6) is 1.03. The van der Waals surface area contributed by atoms with Crippen LogP contribution in [0.2, 0.25) is 0 Å². The summed E-state index contributed by atoms with van der Waals surface area (Å²) >= 11 is 0. The Bertz CT molecular complexity index is 498. The summed E-state index contributed by atoms with van der Waals surface area (Å²) in [5, 5.41) is 5.95. The van der Waals surface area contributed by atoms with Gasteiger partial charge in [-0.1, -0.05) is 30.3 Å². The second kappa shape index (κ2) is 4.73. The average molecular weight is 236 g/mol. The van der Waals surface area contributed by atoms with Crippen LogP contribution in [0.25, 0.3) is 10.8 Å². The molecule has 84 valence electrons. The first-order valence-electron chi connectivity index (χ1n) is 5.29. The first-order valence-corrected chi connectivity index (χ1v) is 5.29. The maximum absolute atomic E-state index is 5.69. The van der Waals surface area contributed by atoms with Gasteiger partial charge in [-0.3, -0.25) is 0 Å². The van der Waals surface area contributed by atoms with Crippen molar-refractivity contribution in [3.05, 3.63) is 42.0 Å². The molecule has 0 aliphatic carbocycles. The molecule has 1 aliphatic heterocycles. The van der Waals surface area contributed by atoms with E-state index < -0.39 is 0 Å². The molecule has 0 spiro atoms. The molecule has 0 fully saturated rings. The average Bonchev–Trinajstić information content (AvgIpc) is 2.54. The Morgan fingerprint density at radius 3 is 2.88 bits per heavy atom. The van der Waals surface area contributed by atoms with Crippen molar-refractivity contribution in [3.63, 3.8) is 0 Å². The van der Waals surface area contributed by atoms with Crippen molar-refractivity contribution >= 4 is 23.2 Å². The third kappa shape index (κ3) is 1.86. The van der Waals surface area contributed by atoms with Crippen molar-refractivity contribution in [2.45, 2.75) is 6.54 Å². The third-order valence-corrected chi connectivity index (χ3v) is 2.84. The fourth-order valence-corrected chi connectivity index (χ4v) is 2.08. The quantitative estimate of drug-likeness (QED) is 0.758. The zero-order chi connectivity index (χ0) is 10.1. The van der Waals surface area contributed by atoms with E-state index in [4.69, 9.17) is 4.74 Å². The highest BCUT2D eigenvalue weighted by molar-refractivity contribution is 5.87. The molecular formula is C13H14ClNO. The summed E-state index contributed by atoms with van der Waals surface area (Å²) in [6.45, 7) is 2.57. The van der Waals surface area contributed by atoms with Gasteiger partial charge in [0.15, 0.2) is 0 Å². The fourth-order valence-electron chi connectivity index (χ4n) is 2.08. The minimum Gasteiger partial charge on any atom is -0.492 e. The highest BCUT2D eigenvalue weighted by Gasteiger charge is 2.10. The number of ether oxygens (including phenoxy) is 1. The molecule has 0 radical (unpaired) electrons. The molecule has 0 amide bonds. The molecule has 1 N–H and O–H groups in total. The predicted molar refractivity (Wildman–Crippen MR) is 68.4 cm³/mol. The van der Waals surface area contributed by atoms with E-state index in [1.807, 2.05) is 0 Å². The first-order chi connectivity index (χ1) is 7.45. The number of rotatable bonds is 0. The lowest BCUT2D eigenvalue weighted by Crippen LogP contribution is -2.16. The molecule has 0 bridgehead atoms. The standard InChI is InChI=1S/C13H13NO.ClH/c1-2-4-11-10(3-1)5-6-13-12(11)9-14-7-8-15-13;/h1-6,14H,7-9H2;1H. The van der Waals surface area contributed by atoms with E-state index in [-0.39, 0.29) is 12.4 Å². The van der Waals surface area contributed by atoms with Crippen LogP contribution in [0.3, 0.4) is 0 Å². The molecule has 0 atom stereocenters. The van der Waals surface area contributed by atoms with Crippen LogP contribution in [-0.4, -0.2) is 13.2 Å². The number of hydrogen-bond donors (Lipinski definition) is 1. The van der Waals surface area contributed by atoms with Gasteiger partial charge in [0.25, 0.3) is 0 Å². The zero-order valence-corrected chi connectivity index (χ0v) is 9.72. The van der Waals surface area contributed by atoms with Crippen molar-refractivity contribution in [2.75, 3.05) is 13.2 Å². The summed E-state index contributed by atoms with van der Waals surface area (Å²) in [7, 11) is 0. The number of fused-ring (bicyclic) bond motifs is 3. The van der Waals surface area contributed by atoms with Crippen molar-refractivity contribution in [1.29, 1.82) is 0 Å². The minimum atomic E-state index is 0. The van der Waals surface area contributed by atoms with Gasteiger partial charge in [0.05, 0.1) is 0 Å². The van der Waals surface area contributed by atoms with Gasteiger partial charge >= 0.3 is 0 Å². The summed E-state index contributed by atoms with van der Waals surface area (Å²) < 4.78 is 5.69. The van der Waals surface area contributed by atoms with Crippen LogP contribution in [0.4, 0.5) is 0 Å². The molecule has 1 aliphatic rings. The van der Waals surface area contributed by atoms with E-state index in [0.29, 0.717) is 0 Å². The zero-order valence-electron chi connectivity index (χ0n) is 8.90. The van der Waals surface area contributed by atoms with Crippen LogP contribution in [0.5, 0.6) is 5.75 Å². The van der Waals surface area contributed by atoms with Gasteiger partial charge in [-0.15, -0.1) is 12.4 Å². The highest BCUT2D eigenvalue weighted by atomic mass is 35.5. The monoisotopic (exact) mass is 235 g/mol. The molecule has 3 heteroatoms. The largest absolute Gasteiger partial charge is 0.492 e. The molecule has 3 rings (SSSR count). The van der Waals surface area contributed by atoms with Crippen LogP contribution in [0, 0.1) is 0 Å². The second-order valence-electron chi connectivity index (χ2n) is 3.79. The SMILES string of the molecule is Cl.c1ccc2c3c(ccc2c1)OCCNC3. The number of hydrogen-bond acceptors (Lipinski definition) is 2.